The van der Waals surface area contributed by atoms with Crippen LogP contribution in [-0.2, 0) is 19.1 Å². The van der Waals surface area contributed by atoms with Crippen LogP contribution in [0.25, 0.3) is 0 Å². The molecule has 0 spiro atoms. The first kappa shape index (κ1) is 20.7. The van der Waals surface area contributed by atoms with Gasteiger partial charge in [-0.2, -0.15) is 0 Å². The highest BCUT2D eigenvalue weighted by molar-refractivity contribution is 8.00. The van der Waals surface area contributed by atoms with E-state index in [1.54, 1.807) is 11.8 Å². The molecular formula is C21H28N2O4S. The van der Waals surface area contributed by atoms with E-state index < -0.39 is 12.1 Å². The van der Waals surface area contributed by atoms with Gasteiger partial charge in [-0.1, -0.05) is 37.8 Å². The van der Waals surface area contributed by atoms with Gasteiger partial charge in [-0.15, -0.1) is 11.8 Å². The van der Waals surface area contributed by atoms with E-state index in [-0.39, 0.29) is 30.8 Å². The minimum atomic E-state index is -0.823. The summed E-state index contributed by atoms with van der Waals surface area (Å²) in [7, 11) is 0. The van der Waals surface area contributed by atoms with Gasteiger partial charge in [-0.05, 0) is 31.9 Å². The zero-order chi connectivity index (χ0) is 19.9. The minimum Gasteiger partial charge on any atom is -0.452 e. The third-order valence-electron chi connectivity index (χ3n) is 5.23. The van der Waals surface area contributed by atoms with Gasteiger partial charge in [-0.3, -0.25) is 14.4 Å². The number of thioether (sulfide) groups is 1. The van der Waals surface area contributed by atoms with E-state index in [1.165, 1.54) is 24.6 Å². The number of hydrogen-bond donors (Lipinski definition) is 1. The topological polar surface area (TPSA) is 75.7 Å². The number of carbonyl (C=O) groups excluding carboxylic acids is 3. The Balaban J connectivity index is 1.47. The summed E-state index contributed by atoms with van der Waals surface area (Å²) in [6, 6.07) is 7.84. The van der Waals surface area contributed by atoms with Gasteiger partial charge >= 0.3 is 5.97 Å². The van der Waals surface area contributed by atoms with Crippen LogP contribution in [0.2, 0.25) is 0 Å². The third-order valence-corrected chi connectivity index (χ3v) is 6.27. The molecule has 6 nitrogen and oxygen atoms in total. The van der Waals surface area contributed by atoms with Gasteiger partial charge in [0.2, 0.25) is 5.91 Å². The number of anilines is 1. The van der Waals surface area contributed by atoms with Crippen LogP contribution in [0.3, 0.4) is 0 Å². The van der Waals surface area contributed by atoms with Crippen LogP contribution in [0.4, 0.5) is 5.69 Å². The van der Waals surface area contributed by atoms with Crippen LogP contribution in [-0.4, -0.2) is 42.2 Å². The number of hydrogen-bond acceptors (Lipinski definition) is 5. The predicted octanol–water partition coefficient (Wildman–Crippen LogP) is 3.29. The van der Waals surface area contributed by atoms with E-state index in [0.717, 1.165) is 36.3 Å². The van der Waals surface area contributed by atoms with Crippen molar-refractivity contribution in [3.8, 4) is 0 Å². The Hall–Kier alpha value is -2.02. The monoisotopic (exact) mass is 404 g/mol. The van der Waals surface area contributed by atoms with Crippen molar-refractivity contribution in [2.24, 2.45) is 0 Å². The summed E-state index contributed by atoms with van der Waals surface area (Å²) in [5, 5.41) is 3.01. The molecule has 1 aliphatic carbocycles. The molecule has 0 bridgehead atoms. The van der Waals surface area contributed by atoms with Crippen molar-refractivity contribution in [2.75, 3.05) is 17.2 Å². The molecule has 0 aromatic heterocycles. The lowest BCUT2D eigenvalue weighted by Crippen LogP contribution is -2.42. The summed E-state index contributed by atoms with van der Waals surface area (Å²) >= 11 is 1.51. The average Bonchev–Trinajstić information content (AvgIpc) is 2.95. The zero-order valence-electron chi connectivity index (χ0n) is 16.3. The van der Waals surface area contributed by atoms with Gasteiger partial charge < -0.3 is 15.0 Å². The van der Waals surface area contributed by atoms with Crippen LogP contribution in [0.15, 0.2) is 29.2 Å². The molecule has 2 amide bonds. The highest BCUT2D eigenvalue weighted by Gasteiger charge is 2.26. The Kier molecular flexibility index (Phi) is 7.36. The molecule has 2 aliphatic rings. The highest BCUT2D eigenvalue weighted by Crippen LogP contribution is 2.34. The molecule has 1 aromatic carbocycles. The van der Waals surface area contributed by atoms with E-state index in [4.69, 9.17) is 4.74 Å². The van der Waals surface area contributed by atoms with Gasteiger partial charge in [0.1, 0.15) is 0 Å². The average molecular weight is 405 g/mol. The first-order valence-electron chi connectivity index (χ1n) is 10.1. The second-order valence-corrected chi connectivity index (χ2v) is 8.40. The van der Waals surface area contributed by atoms with Gasteiger partial charge in [-0.25, -0.2) is 0 Å². The minimum absolute atomic E-state index is 0.0179. The van der Waals surface area contributed by atoms with Crippen LogP contribution < -0.4 is 10.2 Å². The fourth-order valence-electron chi connectivity index (χ4n) is 3.65. The maximum Gasteiger partial charge on any atom is 0.308 e. The molecule has 0 unspecified atom stereocenters. The van der Waals surface area contributed by atoms with Crippen molar-refractivity contribution in [1.82, 2.24) is 5.32 Å². The van der Waals surface area contributed by atoms with E-state index in [2.05, 4.69) is 5.32 Å². The van der Waals surface area contributed by atoms with Crippen molar-refractivity contribution >= 4 is 35.2 Å². The molecule has 1 N–H and O–H groups in total. The molecule has 0 radical (unpaired) electrons. The fraction of sp³-hybridized carbons (Fsp3) is 0.571. The summed E-state index contributed by atoms with van der Waals surface area (Å²) in [5.41, 5.74) is 0.829. The van der Waals surface area contributed by atoms with E-state index >= 15 is 0 Å². The van der Waals surface area contributed by atoms with Crippen LogP contribution in [0, 0.1) is 0 Å². The molecule has 7 heteroatoms. The first-order chi connectivity index (χ1) is 13.5. The molecule has 152 valence electrons. The summed E-state index contributed by atoms with van der Waals surface area (Å²) in [4.78, 5) is 39.4. The number of benzene rings is 1. The molecule has 1 aliphatic heterocycles. The predicted molar refractivity (Wildman–Crippen MR) is 109 cm³/mol. The molecule has 1 fully saturated rings. The lowest BCUT2D eigenvalue weighted by molar-refractivity contribution is -0.154. The van der Waals surface area contributed by atoms with Gasteiger partial charge in [0, 0.05) is 17.5 Å². The van der Waals surface area contributed by atoms with Crippen LogP contribution >= 0.6 is 11.8 Å². The highest BCUT2D eigenvalue weighted by atomic mass is 32.2. The standard InChI is InChI=1S/C21H28N2O4S/c1-15(21(26)22-16-8-4-2-3-5-9-16)27-20(25)12-13-23-17-10-6-7-11-18(17)28-14-19(23)24/h6-7,10-11,15-16H,2-5,8-9,12-14H2,1H3,(H,22,26)/t15-/m0/s1. The number of nitrogens with zero attached hydrogens (tertiary/aromatic N) is 1. The lowest BCUT2D eigenvalue weighted by atomic mass is 10.1. The molecule has 28 heavy (non-hydrogen) atoms. The Labute approximate surface area is 170 Å². The van der Waals surface area contributed by atoms with Crippen LogP contribution in [0.5, 0.6) is 0 Å². The number of para-hydroxylation sites is 1. The summed E-state index contributed by atoms with van der Waals surface area (Å²) in [5.74, 6) is -0.356. The molecule has 3 rings (SSSR count). The van der Waals surface area contributed by atoms with E-state index in [9.17, 15) is 14.4 Å². The molecule has 1 heterocycles. The maximum atomic E-state index is 12.3. The molecular weight excluding hydrogens is 376 g/mol. The fourth-order valence-corrected chi connectivity index (χ4v) is 4.59. The molecule has 1 aromatic rings. The SMILES string of the molecule is C[C@H](OC(=O)CCN1C(=O)CSc2ccccc21)C(=O)NC1CCCCCC1. The molecule has 0 saturated heterocycles. The Morgan fingerprint density at radius 2 is 1.93 bits per heavy atom. The number of carbonyl (C=O) groups is 3. The molecule has 1 atom stereocenters. The molecule has 1 saturated carbocycles. The largest absolute Gasteiger partial charge is 0.452 e. The number of esters is 1. The second-order valence-electron chi connectivity index (χ2n) is 7.38. The van der Waals surface area contributed by atoms with E-state index in [0.29, 0.717) is 5.75 Å². The number of ether oxygens (including phenoxy) is 1. The normalized spacial score (nSPS) is 18.8. The number of rotatable bonds is 6. The van der Waals surface area contributed by atoms with Crippen molar-refractivity contribution < 1.29 is 19.1 Å². The number of fused-ring (bicyclic) bond motifs is 1. The zero-order valence-corrected chi connectivity index (χ0v) is 17.1. The summed E-state index contributed by atoms with van der Waals surface area (Å²) < 4.78 is 5.31. The Morgan fingerprint density at radius 3 is 2.68 bits per heavy atom. The van der Waals surface area contributed by atoms with Crippen molar-refractivity contribution in [2.45, 2.75) is 68.9 Å². The van der Waals surface area contributed by atoms with Crippen molar-refractivity contribution in [1.29, 1.82) is 0 Å². The maximum absolute atomic E-state index is 12.3. The second kappa shape index (κ2) is 9.96. The van der Waals surface area contributed by atoms with Crippen LogP contribution in [0.1, 0.15) is 51.9 Å². The van der Waals surface area contributed by atoms with Gasteiger partial charge in [0.15, 0.2) is 6.10 Å². The smallest absolute Gasteiger partial charge is 0.308 e. The number of nitrogens with one attached hydrogen (secondary N) is 1. The van der Waals surface area contributed by atoms with Crippen molar-refractivity contribution in [3.05, 3.63) is 24.3 Å². The van der Waals surface area contributed by atoms with Gasteiger partial charge in [0.25, 0.3) is 5.91 Å². The summed E-state index contributed by atoms with van der Waals surface area (Å²) in [6.45, 7) is 1.86. The Bertz CT molecular complexity index is 716. The number of amides is 2. The lowest BCUT2D eigenvalue weighted by Gasteiger charge is -2.28. The van der Waals surface area contributed by atoms with Gasteiger partial charge in [0.05, 0.1) is 17.9 Å². The third kappa shape index (κ3) is 5.50. The van der Waals surface area contributed by atoms with E-state index in [1.807, 2.05) is 24.3 Å². The summed E-state index contributed by atoms with van der Waals surface area (Å²) in [6.07, 6.45) is 5.90. The van der Waals surface area contributed by atoms with Crippen molar-refractivity contribution in [3.63, 3.8) is 0 Å². The first-order valence-corrected chi connectivity index (χ1v) is 11.0. The Morgan fingerprint density at radius 1 is 1.21 bits per heavy atom. The quantitative estimate of drug-likeness (QED) is 0.582.